The second-order valence-electron chi connectivity index (χ2n) is 4.30. The Hall–Kier alpha value is -1.64. The zero-order valence-corrected chi connectivity index (χ0v) is 8.70. The first-order valence-electron chi connectivity index (χ1n) is 4.83. The number of hydrogen-bond acceptors (Lipinski definition) is 2. The molecule has 0 saturated carbocycles. The minimum absolute atomic E-state index is 0.270. The van der Waals surface area contributed by atoms with Crippen LogP contribution in [0.1, 0.15) is 28.4 Å². The largest absolute Gasteiger partial charge is 0.480 e. The highest BCUT2D eigenvalue weighted by molar-refractivity contribution is 6.15. The molecular formula is C12H12O3. The fraction of sp³-hybridized carbons (Fsp3) is 0.333. The van der Waals surface area contributed by atoms with Crippen LogP contribution in [0.25, 0.3) is 0 Å². The molecule has 1 aromatic carbocycles. The minimum atomic E-state index is -1.27. The second kappa shape index (κ2) is 2.92. The summed E-state index contributed by atoms with van der Waals surface area (Å²) < 4.78 is 0. The molecule has 1 unspecified atom stereocenters. The maximum Gasteiger partial charge on any atom is 0.317 e. The summed E-state index contributed by atoms with van der Waals surface area (Å²) in [6, 6.07) is 5.52. The molecule has 0 bridgehead atoms. The van der Waals surface area contributed by atoms with E-state index in [2.05, 4.69) is 0 Å². The van der Waals surface area contributed by atoms with Gasteiger partial charge in [-0.25, -0.2) is 0 Å². The van der Waals surface area contributed by atoms with Gasteiger partial charge in [-0.2, -0.15) is 0 Å². The number of carbonyl (C=O) groups is 2. The summed E-state index contributed by atoms with van der Waals surface area (Å²) in [5, 5.41) is 9.06. The Kier molecular flexibility index (Phi) is 1.93. The fourth-order valence-electron chi connectivity index (χ4n) is 1.99. The number of carboxylic acid groups (broad SMARTS) is 1. The number of hydrogen-bond donors (Lipinski definition) is 1. The van der Waals surface area contributed by atoms with E-state index in [0.717, 1.165) is 11.1 Å². The molecule has 3 nitrogen and oxygen atoms in total. The molecule has 1 aliphatic carbocycles. The normalized spacial score (nSPS) is 24.0. The highest BCUT2D eigenvalue weighted by Gasteiger charge is 2.47. The van der Waals surface area contributed by atoms with Crippen LogP contribution in [0.15, 0.2) is 18.2 Å². The Bertz CT molecular complexity index is 462. The average Bonchev–Trinajstić information content (AvgIpc) is 2.42. The summed E-state index contributed by atoms with van der Waals surface area (Å²) in [4.78, 5) is 23.0. The van der Waals surface area contributed by atoms with Crippen LogP contribution in [0.5, 0.6) is 0 Å². The van der Waals surface area contributed by atoms with Gasteiger partial charge in [0.05, 0.1) is 0 Å². The first-order valence-corrected chi connectivity index (χ1v) is 4.83. The highest BCUT2D eigenvalue weighted by Crippen LogP contribution is 2.37. The van der Waals surface area contributed by atoms with Gasteiger partial charge >= 0.3 is 5.97 Å². The zero-order chi connectivity index (χ0) is 11.2. The van der Waals surface area contributed by atoms with E-state index in [1.807, 2.05) is 19.1 Å². The van der Waals surface area contributed by atoms with Crippen molar-refractivity contribution in [1.82, 2.24) is 0 Å². The predicted molar refractivity (Wildman–Crippen MR) is 55.0 cm³/mol. The van der Waals surface area contributed by atoms with Gasteiger partial charge in [0.1, 0.15) is 5.41 Å². The Morgan fingerprint density at radius 3 is 2.73 bits per heavy atom. The Labute approximate surface area is 87.7 Å². The van der Waals surface area contributed by atoms with Crippen molar-refractivity contribution in [2.24, 2.45) is 5.41 Å². The lowest BCUT2D eigenvalue weighted by Crippen LogP contribution is -2.33. The molecule has 1 aliphatic rings. The first-order chi connectivity index (χ1) is 6.95. The van der Waals surface area contributed by atoms with Crippen molar-refractivity contribution < 1.29 is 14.7 Å². The molecule has 78 valence electrons. The van der Waals surface area contributed by atoms with E-state index < -0.39 is 11.4 Å². The van der Waals surface area contributed by atoms with E-state index in [9.17, 15) is 9.59 Å². The number of ketones is 1. The molecule has 2 rings (SSSR count). The molecular weight excluding hydrogens is 192 g/mol. The molecule has 0 amide bonds. The summed E-state index contributed by atoms with van der Waals surface area (Å²) in [5.41, 5.74) is 1.13. The lowest BCUT2D eigenvalue weighted by molar-refractivity contribution is -0.144. The molecule has 3 heteroatoms. The van der Waals surface area contributed by atoms with Gasteiger partial charge in [0, 0.05) is 5.56 Å². The lowest BCUT2D eigenvalue weighted by Gasteiger charge is -2.14. The molecule has 0 spiro atoms. The SMILES string of the molecule is Cc1ccc2c(c1)C(=O)C(C)(C(=O)O)C2. The summed E-state index contributed by atoms with van der Waals surface area (Å²) in [5.74, 6) is -1.31. The molecule has 0 heterocycles. The first kappa shape index (κ1) is 9.90. The van der Waals surface area contributed by atoms with Gasteiger partial charge < -0.3 is 5.11 Å². The van der Waals surface area contributed by atoms with Crippen molar-refractivity contribution in [2.75, 3.05) is 0 Å². The molecule has 1 N–H and O–H groups in total. The van der Waals surface area contributed by atoms with Gasteiger partial charge in [0.25, 0.3) is 0 Å². The van der Waals surface area contributed by atoms with E-state index in [1.165, 1.54) is 6.92 Å². The Morgan fingerprint density at radius 1 is 1.47 bits per heavy atom. The van der Waals surface area contributed by atoms with E-state index >= 15 is 0 Å². The Morgan fingerprint density at radius 2 is 2.13 bits per heavy atom. The van der Waals surface area contributed by atoms with Crippen molar-refractivity contribution in [3.05, 3.63) is 34.9 Å². The second-order valence-corrected chi connectivity index (χ2v) is 4.30. The summed E-state index contributed by atoms with van der Waals surface area (Å²) in [7, 11) is 0. The summed E-state index contributed by atoms with van der Waals surface area (Å²) >= 11 is 0. The smallest absolute Gasteiger partial charge is 0.317 e. The zero-order valence-electron chi connectivity index (χ0n) is 8.70. The lowest BCUT2D eigenvalue weighted by atomic mass is 9.86. The maximum absolute atomic E-state index is 11.9. The number of Topliss-reactive ketones (excluding diaryl/α,β-unsaturated/α-hetero) is 1. The van der Waals surface area contributed by atoms with Crippen LogP contribution < -0.4 is 0 Å². The van der Waals surface area contributed by atoms with Crippen LogP contribution in [0, 0.1) is 12.3 Å². The molecule has 1 atom stereocenters. The van der Waals surface area contributed by atoms with Crippen molar-refractivity contribution >= 4 is 11.8 Å². The van der Waals surface area contributed by atoms with Gasteiger partial charge in [0.2, 0.25) is 0 Å². The van der Waals surface area contributed by atoms with E-state index in [0.29, 0.717) is 12.0 Å². The number of aliphatic carboxylic acids is 1. The Balaban J connectivity index is 2.55. The van der Waals surface area contributed by atoms with Crippen LogP contribution in [0.2, 0.25) is 0 Å². The number of benzene rings is 1. The summed E-state index contributed by atoms with van der Waals surface area (Å²) in [6.07, 6.45) is 0.302. The fourth-order valence-corrected chi connectivity index (χ4v) is 1.99. The standard InChI is InChI=1S/C12H12O3/c1-7-3-4-8-6-12(2,11(14)15)10(13)9(8)5-7/h3-5H,6H2,1-2H3,(H,14,15). The van der Waals surface area contributed by atoms with Crippen LogP contribution in [0.4, 0.5) is 0 Å². The van der Waals surface area contributed by atoms with Crippen molar-refractivity contribution in [3.8, 4) is 0 Å². The molecule has 1 aromatic rings. The molecule has 0 saturated heterocycles. The monoisotopic (exact) mass is 204 g/mol. The van der Waals surface area contributed by atoms with Gasteiger partial charge in [-0.3, -0.25) is 9.59 Å². The topological polar surface area (TPSA) is 54.4 Å². The van der Waals surface area contributed by atoms with Crippen LogP contribution in [0.3, 0.4) is 0 Å². The van der Waals surface area contributed by atoms with Crippen molar-refractivity contribution in [1.29, 1.82) is 0 Å². The molecule has 0 aromatic heterocycles. The predicted octanol–water partition coefficient (Wildman–Crippen LogP) is 1.82. The molecule has 0 fully saturated rings. The molecule has 0 aliphatic heterocycles. The molecule has 15 heavy (non-hydrogen) atoms. The van der Waals surface area contributed by atoms with Crippen LogP contribution in [-0.2, 0) is 11.2 Å². The third-order valence-electron chi connectivity index (χ3n) is 3.03. The van der Waals surface area contributed by atoms with Crippen LogP contribution in [-0.4, -0.2) is 16.9 Å². The van der Waals surface area contributed by atoms with Gasteiger partial charge in [-0.1, -0.05) is 17.7 Å². The van der Waals surface area contributed by atoms with E-state index in [-0.39, 0.29) is 5.78 Å². The minimum Gasteiger partial charge on any atom is -0.480 e. The average molecular weight is 204 g/mol. The third-order valence-corrected chi connectivity index (χ3v) is 3.03. The number of carboxylic acids is 1. The third kappa shape index (κ3) is 1.27. The molecule has 0 radical (unpaired) electrons. The van der Waals surface area contributed by atoms with Gasteiger partial charge in [0.15, 0.2) is 5.78 Å². The number of aryl methyl sites for hydroxylation is 1. The van der Waals surface area contributed by atoms with Crippen LogP contribution >= 0.6 is 0 Å². The van der Waals surface area contributed by atoms with Gasteiger partial charge in [-0.05, 0) is 31.9 Å². The van der Waals surface area contributed by atoms with Crippen molar-refractivity contribution in [3.63, 3.8) is 0 Å². The van der Waals surface area contributed by atoms with E-state index in [4.69, 9.17) is 5.11 Å². The number of rotatable bonds is 1. The van der Waals surface area contributed by atoms with E-state index in [1.54, 1.807) is 6.07 Å². The number of fused-ring (bicyclic) bond motifs is 1. The van der Waals surface area contributed by atoms with Gasteiger partial charge in [-0.15, -0.1) is 0 Å². The summed E-state index contributed by atoms with van der Waals surface area (Å²) in [6.45, 7) is 3.39. The highest BCUT2D eigenvalue weighted by atomic mass is 16.4. The number of carbonyl (C=O) groups excluding carboxylic acids is 1. The quantitative estimate of drug-likeness (QED) is 0.710. The van der Waals surface area contributed by atoms with Crippen molar-refractivity contribution in [2.45, 2.75) is 20.3 Å². The maximum atomic E-state index is 11.9.